The average Bonchev–Trinajstić information content (AvgIpc) is 3.15. The Bertz CT molecular complexity index is 703. The molecule has 162 valence electrons. The molecule has 1 amide bonds. The highest BCUT2D eigenvalue weighted by Gasteiger charge is 2.26. The number of nitrogens with one attached hydrogen (secondary N) is 2. The second-order valence-corrected chi connectivity index (χ2v) is 7.72. The molecule has 3 rings (SSSR count). The number of hydrogen-bond donors (Lipinski definition) is 2. The summed E-state index contributed by atoms with van der Waals surface area (Å²) in [5, 5.41) is 6.59. The number of guanidine groups is 1. The van der Waals surface area contributed by atoms with Crippen LogP contribution in [0.4, 0.5) is 10.2 Å². The Labute approximate surface area is 189 Å². The molecule has 0 bridgehead atoms. The van der Waals surface area contributed by atoms with Gasteiger partial charge in [0.05, 0.1) is 0 Å². The van der Waals surface area contributed by atoms with Crippen molar-refractivity contribution in [3.8, 4) is 0 Å². The largest absolute Gasteiger partial charge is 0.356 e. The van der Waals surface area contributed by atoms with Gasteiger partial charge in [-0.25, -0.2) is 9.37 Å². The summed E-state index contributed by atoms with van der Waals surface area (Å²) in [6.07, 6.45) is 5.25. The van der Waals surface area contributed by atoms with Gasteiger partial charge in [-0.2, -0.15) is 0 Å². The molecule has 2 aliphatic rings. The lowest BCUT2D eigenvalue weighted by molar-refractivity contribution is -0.132. The van der Waals surface area contributed by atoms with Crippen LogP contribution in [-0.4, -0.2) is 67.6 Å². The fraction of sp³-hybridized carbons (Fsp3) is 0.650. The molecule has 2 unspecified atom stereocenters. The summed E-state index contributed by atoms with van der Waals surface area (Å²) in [6.45, 7) is 5.90. The summed E-state index contributed by atoms with van der Waals surface area (Å²) in [4.78, 5) is 24.7. The predicted molar refractivity (Wildman–Crippen MR) is 124 cm³/mol. The highest BCUT2D eigenvalue weighted by Crippen LogP contribution is 2.20. The van der Waals surface area contributed by atoms with E-state index in [-0.39, 0.29) is 41.7 Å². The van der Waals surface area contributed by atoms with E-state index in [9.17, 15) is 9.18 Å². The lowest BCUT2D eigenvalue weighted by Gasteiger charge is -2.31. The summed E-state index contributed by atoms with van der Waals surface area (Å²) in [7, 11) is 1.72. The zero-order valence-corrected chi connectivity index (χ0v) is 19.6. The van der Waals surface area contributed by atoms with Crippen molar-refractivity contribution >= 4 is 41.7 Å². The number of aliphatic imine (C=N–C) groups is 1. The highest BCUT2D eigenvalue weighted by molar-refractivity contribution is 14.0. The molecule has 0 spiro atoms. The maximum Gasteiger partial charge on any atom is 0.224 e. The molecule has 0 aromatic carbocycles. The van der Waals surface area contributed by atoms with Crippen molar-refractivity contribution in [3.63, 3.8) is 0 Å². The van der Waals surface area contributed by atoms with E-state index < -0.39 is 0 Å². The Kier molecular flexibility index (Phi) is 9.38. The van der Waals surface area contributed by atoms with E-state index in [2.05, 4.69) is 27.5 Å². The summed E-state index contributed by atoms with van der Waals surface area (Å²) in [5.41, 5.74) is 0. The molecule has 0 radical (unpaired) electrons. The van der Waals surface area contributed by atoms with Crippen LogP contribution in [-0.2, 0) is 4.79 Å². The predicted octanol–water partition coefficient (Wildman–Crippen LogP) is 2.23. The number of amides is 1. The van der Waals surface area contributed by atoms with Crippen molar-refractivity contribution in [2.24, 2.45) is 10.9 Å². The second kappa shape index (κ2) is 11.5. The molecule has 2 atom stereocenters. The molecule has 2 fully saturated rings. The lowest BCUT2D eigenvalue weighted by Crippen LogP contribution is -2.46. The molecule has 2 N–H and O–H groups in total. The van der Waals surface area contributed by atoms with Crippen molar-refractivity contribution in [2.45, 2.75) is 38.6 Å². The fourth-order valence-electron chi connectivity index (χ4n) is 3.93. The lowest BCUT2D eigenvalue weighted by atomic mass is 10.00. The van der Waals surface area contributed by atoms with Crippen molar-refractivity contribution < 1.29 is 9.18 Å². The molecular weight excluding hydrogens is 486 g/mol. The smallest absolute Gasteiger partial charge is 0.224 e. The maximum atomic E-state index is 13.9. The Hall–Kier alpha value is -1.65. The van der Waals surface area contributed by atoms with Crippen LogP contribution in [0.15, 0.2) is 23.3 Å². The minimum atomic E-state index is -0.295. The van der Waals surface area contributed by atoms with Crippen LogP contribution in [0.25, 0.3) is 0 Å². The van der Waals surface area contributed by atoms with Gasteiger partial charge in [0.1, 0.15) is 0 Å². The molecule has 1 aromatic heterocycles. The van der Waals surface area contributed by atoms with Gasteiger partial charge in [-0.15, -0.1) is 24.0 Å². The first kappa shape index (κ1) is 23.6. The highest BCUT2D eigenvalue weighted by atomic mass is 127. The third kappa shape index (κ3) is 6.68. The Morgan fingerprint density at radius 2 is 2.17 bits per heavy atom. The normalized spacial score (nSPS) is 22.2. The number of hydrogen-bond acceptors (Lipinski definition) is 4. The van der Waals surface area contributed by atoms with Crippen LogP contribution >= 0.6 is 24.0 Å². The first-order chi connectivity index (χ1) is 13.6. The molecule has 7 nitrogen and oxygen atoms in total. The molecule has 0 aliphatic carbocycles. The number of nitrogens with zero attached hydrogens (tertiary/aromatic N) is 4. The number of aromatic nitrogens is 1. The van der Waals surface area contributed by atoms with Gasteiger partial charge >= 0.3 is 0 Å². The topological polar surface area (TPSA) is 72.9 Å². The second-order valence-electron chi connectivity index (χ2n) is 7.72. The molecule has 9 heteroatoms. The third-order valence-electron chi connectivity index (χ3n) is 5.43. The minimum Gasteiger partial charge on any atom is -0.356 e. The van der Waals surface area contributed by atoms with Gasteiger partial charge in [-0.3, -0.25) is 9.79 Å². The summed E-state index contributed by atoms with van der Waals surface area (Å²) < 4.78 is 13.9. The van der Waals surface area contributed by atoms with E-state index in [1.165, 1.54) is 12.5 Å². The average molecular weight is 518 g/mol. The van der Waals surface area contributed by atoms with Crippen LogP contribution in [0, 0.1) is 11.7 Å². The number of carbonyl (C=O) groups excluding carboxylic acids is 1. The quantitative estimate of drug-likeness (QED) is 0.356. The van der Waals surface area contributed by atoms with Gasteiger partial charge in [-0.05, 0) is 37.3 Å². The molecule has 2 aliphatic heterocycles. The Morgan fingerprint density at radius 1 is 1.34 bits per heavy atom. The monoisotopic (exact) mass is 518 g/mol. The van der Waals surface area contributed by atoms with Crippen molar-refractivity contribution in [3.05, 3.63) is 24.1 Å². The number of piperidine rings is 1. The molecular formula is C20H32FIN6O. The van der Waals surface area contributed by atoms with E-state index >= 15 is 0 Å². The third-order valence-corrected chi connectivity index (χ3v) is 5.43. The molecule has 3 heterocycles. The standard InChI is InChI=1S/C20H31FN6O.HI/c1-15-5-4-11-26(13-15)18(28)7-10-24-20(22-2)25-16-8-12-27(14-16)19-17(21)6-3-9-23-19;/h3,6,9,15-16H,4-5,7-8,10-14H2,1-2H3,(H2,22,24,25);1H. The zero-order valence-electron chi connectivity index (χ0n) is 17.2. The van der Waals surface area contributed by atoms with Crippen LogP contribution in [0.3, 0.4) is 0 Å². The van der Waals surface area contributed by atoms with Crippen molar-refractivity contribution in [2.75, 3.05) is 44.7 Å². The van der Waals surface area contributed by atoms with E-state index in [4.69, 9.17) is 0 Å². The molecule has 1 aromatic rings. The summed E-state index contributed by atoms with van der Waals surface area (Å²) in [6, 6.07) is 3.19. The number of carbonyl (C=O) groups is 1. The first-order valence-corrected chi connectivity index (χ1v) is 10.2. The number of rotatable bonds is 5. The Morgan fingerprint density at radius 3 is 2.90 bits per heavy atom. The van der Waals surface area contributed by atoms with Gasteiger partial charge in [0.2, 0.25) is 5.91 Å². The van der Waals surface area contributed by atoms with Crippen LogP contribution in [0.1, 0.15) is 32.6 Å². The number of pyridine rings is 1. The van der Waals surface area contributed by atoms with E-state index in [1.54, 1.807) is 19.3 Å². The Balaban J connectivity index is 0.00000300. The molecule has 29 heavy (non-hydrogen) atoms. The van der Waals surface area contributed by atoms with Crippen LogP contribution < -0.4 is 15.5 Å². The number of halogens is 2. The fourth-order valence-corrected chi connectivity index (χ4v) is 3.93. The summed E-state index contributed by atoms with van der Waals surface area (Å²) in [5.74, 6) is 1.57. The van der Waals surface area contributed by atoms with Crippen LogP contribution in [0.2, 0.25) is 0 Å². The van der Waals surface area contributed by atoms with Gasteiger partial charge < -0.3 is 20.4 Å². The van der Waals surface area contributed by atoms with E-state index in [0.29, 0.717) is 37.2 Å². The molecule has 0 saturated carbocycles. The minimum absolute atomic E-state index is 0. The van der Waals surface area contributed by atoms with E-state index in [1.807, 2.05) is 9.80 Å². The van der Waals surface area contributed by atoms with Crippen LogP contribution in [0.5, 0.6) is 0 Å². The SMILES string of the molecule is CN=C(NCCC(=O)N1CCCC(C)C1)NC1CCN(c2ncccc2F)C1.I. The van der Waals surface area contributed by atoms with Crippen molar-refractivity contribution in [1.29, 1.82) is 0 Å². The zero-order chi connectivity index (χ0) is 19.9. The van der Waals surface area contributed by atoms with Crippen molar-refractivity contribution in [1.82, 2.24) is 20.5 Å². The number of anilines is 1. The van der Waals surface area contributed by atoms with Gasteiger partial charge in [0, 0.05) is 58.4 Å². The molecule has 2 saturated heterocycles. The van der Waals surface area contributed by atoms with Gasteiger partial charge in [0.15, 0.2) is 17.6 Å². The van der Waals surface area contributed by atoms with Gasteiger partial charge in [0.25, 0.3) is 0 Å². The summed E-state index contributed by atoms with van der Waals surface area (Å²) >= 11 is 0. The van der Waals surface area contributed by atoms with E-state index in [0.717, 1.165) is 32.5 Å². The maximum absolute atomic E-state index is 13.9. The van der Waals surface area contributed by atoms with Gasteiger partial charge in [-0.1, -0.05) is 6.92 Å². The first-order valence-electron chi connectivity index (χ1n) is 10.2. The number of likely N-dealkylation sites (tertiary alicyclic amines) is 1.